The molecule has 2 aromatic rings. The van der Waals surface area contributed by atoms with Crippen LogP contribution in [0.5, 0.6) is 0 Å². The van der Waals surface area contributed by atoms with E-state index in [0.29, 0.717) is 5.69 Å². The summed E-state index contributed by atoms with van der Waals surface area (Å²) in [7, 11) is -3.87. The predicted octanol–water partition coefficient (Wildman–Crippen LogP) is 4.05. The summed E-state index contributed by atoms with van der Waals surface area (Å²) in [6.45, 7) is -0.378. The minimum absolute atomic E-state index is 0.0122. The van der Waals surface area contributed by atoms with Crippen molar-refractivity contribution < 1.29 is 13.5 Å². The quantitative estimate of drug-likeness (QED) is 0.798. The van der Waals surface area contributed by atoms with Crippen molar-refractivity contribution in [3.05, 3.63) is 56.5 Å². The fraction of sp³-hybridized carbons (Fsp3) is 0.0769. The molecular weight excluding hydrogens is 401 g/mol. The van der Waals surface area contributed by atoms with Crippen molar-refractivity contribution in [3.63, 3.8) is 0 Å². The van der Waals surface area contributed by atoms with Crippen molar-refractivity contribution in [2.75, 3.05) is 4.72 Å². The molecule has 2 rings (SSSR count). The Kier molecular flexibility index (Phi) is 5.16. The van der Waals surface area contributed by atoms with E-state index in [1.165, 1.54) is 12.1 Å². The Morgan fingerprint density at radius 1 is 1.10 bits per heavy atom. The Morgan fingerprint density at radius 2 is 1.71 bits per heavy atom. The van der Waals surface area contributed by atoms with Gasteiger partial charge in [0, 0.05) is 15.2 Å². The first-order chi connectivity index (χ1) is 9.83. The second kappa shape index (κ2) is 6.54. The van der Waals surface area contributed by atoms with E-state index in [1.807, 2.05) is 0 Å². The van der Waals surface area contributed by atoms with Gasteiger partial charge < -0.3 is 5.11 Å². The SMILES string of the molecule is O=S(=O)(Nc1ccc(Br)cc1)c1cc(CO)c(Cl)cc1Cl. The maximum absolute atomic E-state index is 12.4. The molecule has 0 aromatic heterocycles. The van der Waals surface area contributed by atoms with Gasteiger partial charge >= 0.3 is 0 Å². The fourth-order valence-electron chi connectivity index (χ4n) is 1.63. The van der Waals surface area contributed by atoms with E-state index in [2.05, 4.69) is 20.7 Å². The molecule has 8 heteroatoms. The average Bonchev–Trinajstić information content (AvgIpc) is 2.41. The van der Waals surface area contributed by atoms with Crippen molar-refractivity contribution >= 4 is 54.8 Å². The Morgan fingerprint density at radius 3 is 2.29 bits per heavy atom. The summed E-state index contributed by atoms with van der Waals surface area (Å²) >= 11 is 15.1. The third-order valence-electron chi connectivity index (χ3n) is 2.66. The van der Waals surface area contributed by atoms with Crippen LogP contribution in [0.15, 0.2) is 45.8 Å². The van der Waals surface area contributed by atoms with Crippen LogP contribution in [-0.2, 0) is 16.6 Å². The molecule has 112 valence electrons. The molecule has 2 N–H and O–H groups in total. The Bertz CT molecular complexity index is 764. The van der Waals surface area contributed by atoms with Crippen LogP contribution in [0.25, 0.3) is 0 Å². The number of hydrogen-bond donors (Lipinski definition) is 2. The van der Waals surface area contributed by atoms with Crippen LogP contribution in [0.2, 0.25) is 10.0 Å². The van der Waals surface area contributed by atoms with Crippen molar-refractivity contribution in [1.29, 1.82) is 0 Å². The van der Waals surface area contributed by atoms with Crippen LogP contribution in [0, 0.1) is 0 Å². The second-order valence-corrected chi connectivity index (χ2v) is 7.53. The second-order valence-electron chi connectivity index (χ2n) is 4.14. The van der Waals surface area contributed by atoms with Gasteiger partial charge in [-0.25, -0.2) is 8.42 Å². The molecule has 0 heterocycles. The minimum Gasteiger partial charge on any atom is -0.392 e. The summed E-state index contributed by atoms with van der Waals surface area (Å²) in [6.07, 6.45) is 0. The van der Waals surface area contributed by atoms with Crippen LogP contribution < -0.4 is 4.72 Å². The highest BCUT2D eigenvalue weighted by Gasteiger charge is 2.20. The first kappa shape index (κ1) is 16.6. The van der Waals surface area contributed by atoms with Gasteiger partial charge in [-0.15, -0.1) is 0 Å². The molecule has 0 aliphatic rings. The first-order valence-electron chi connectivity index (χ1n) is 5.70. The van der Waals surface area contributed by atoms with E-state index in [9.17, 15) is 13.5 Å². The zero-order valence-electron chi connectivity index (χ0n) is 10.5. The summed E-state index contributed by atoms with van der Waals surface area (Å²) in [6, 6.07) is 9.19. The molecule has 21 heavy (non-hydrogen) atoms. The van der Waals surface area contributed by atoms with Crippen LogP contribution in [0.1, 0.15) is 5.56 Å². The van der Waals surface area contributed by atoms with Gasteiger partial charge in [0.25, 0.3) is 10.0 Å². The molecule has 0 unspecified atom stereocenters. The summed E-state index contributed by atoms with van der Waals surface area (Å²) in [5, 5.41) is 9.37. The van der Waals surface area contributed by atoms with Crippen molar-refractivity contribution in [1.82, 2.24) is 0 Å². The summed E-state index contributed by atoms with van der Waals surface area (Å²) in [5.74, 6) is 0. The molecule has 2 aromatic carbocycles. The maximum atomic E-state index is 12.4. The smallest absolute Gasteiger partial charge is 0.263 e. The lowest BCUT2D eigenvalue weighted by atomic mass is 10.2. The third kappa shape index (κ3) is 3.90. The zero-order valence-corrected chi connectivity index (χ0v) is 14.4. The summed E-state index contributed by atoms with van der Waals surface area (Å²) in [4.78, 5) is -0.138. The highest BCUT2D eigenvalue weighted by atomic mass is 79.9. The Labute approximate surface area is 140 Å². The standard InChI is InChI=1S/C13H10BrCl2NO3S/c14-9-1-3-10(4-2-9)17-21(19,20)13-5-8(7-18)11(15)6-12(13)16/h1-6,17-18H,7H2. The predicted molar refractivity (Wildman–Crippen MR) is 87.3 cm³/mol. The van der Waals surface area contributed by atoms with Crippen LogP contribution in [0.3, 0.4) is 0 Å². The van der Waals surface area contributed by atoms with Crippen molar-refractivity contribution in [3.8, 4) is 0 Å². The van der Waals surface area contributed by atoms with E-state index >= 15 is 0 Å². The molecule has 0 saturated carbocycles. The number of hydrogen-bond acceptors (Lipinski definition) is 3. The van der Waals surface area contributed by atoms with Gasteiger partial charge in [0.1, 0.15) is 4.90 Å². The molecular formula is C13H10BrCl2NO3S. The largest absolute Gasteiger partial charge is 0.392 e. The summed E-state index contributed by atoms with van der Waals surface area (Å²) < 4.78 is 28.0. The molecule has 0 aliphatic carbocycles. The molecule has 0 spiro atoms. The van der Waals surface area contributed by atoms with Gasteiger partial charge in [-0.1, -0.05) is 39.1 Å². The lowest BCUT2D eigenvalue weighted by Crippen LogP contribution is -2.14. The fourth-order valence-corrected chi connectivity index (χ4v) is 3.81. The lowest BCUT2D eigenvalue weighted by Gasteiger charge is -2.11. The monoisotopic (exact) mass is 409 g/mol. The molecule has 0 radical (unpaired) electrons. The normalized spacial score (nSPS) is 11.4. The lowest BCUT2D eigenvalue weighted by molar-refractivity contribution is 0.281. The van der Waals surface area contributed by atoms with E-state index < -0.39 is 10.0 Å². The summed E-state index contributed by atoms with van der Waals surface area (Å²) in [5.41, 5.74) is 0.687. The molecule has 4 nitrogen and oxygen atoms in total. The van der Waals surface area contributed by atoms with E-state index in [0.717, 1.165) is 4.47 Å². The maximum Gasteiger partial charge on any atom is 0.263 e. The van der Waals surface area contributed by atoms with Gasteiger partial charge in [-0.05, 0) is 42.0 Å². The number of aliphatic hydroxyl groups is 1. The zero-order chi connectivity index (χ0) is 15.6. The Hall–Kier alpha value is -0.790. The number of sulfonamides is 1. The van der Waals surface area contributed by atoms with Crippen molar-refractivity contribution in [2.45, 2.75) is 11.5 Å². The first-order valence-corrected chi connectivity index (χ1v) is 8.74. The molecule has 0 amide bonds. The Balaban J connectivity index is 2.42. The average molecular weight is 411 g/mol. The van der Waals surface area contributed by atoms with Gasteiger partial charge in [0.2, 0.25) is 0 Å². The number of anilines is 1. The van der Waals surface area contributed by atoms with E-state index in [1.54, 1.807) is 24.3 Å². The van der Waals surface area contributed by atoms with Crippen LogP contribution in [0.4, 0.5) is 5.69 Å². The van der Waals surface area contributed by atoms with E-state index in [4.69, 9.17) is 23.2 Å². The highest BCUT2D eigenvalue weighted by Crippen LogP contribution is 2.30. The number of nitrogens with one attached hydrogen (secondary N) is 1. The molecule has 0 saturated heterocycles. The topological polar surface area (TPSA) is 66.4 Å². The van der Waals surface area contributed by atoms with Gasteiger partial charge in [0.15, 0.2) is 0 Å². The van der Waals surface area contributed by atoms with Crippen LogP contribution >= 0.6 is 39.1 Å². The highest BCUT2D eigenvalue weighted by molar-refractivity contribution is 9.10. The van der Waals surface area contributed by atoms with Crippen LogP contribution in [-0.4, -0.2) is 13.5 Å². The van der Waals surface area contributed by atoms with Gasteiger partial charge in [-0.2, -0.15) is 0 Å². The van der Waals surface area contributed by atoms with Gasteiger partial charge in [0.05, 0.1) is 11.6 Å². The minimum atomic E-state index is -3.87. The van der Waals surface area contributed by atoms with E-state index in [-0.39, 0.29) is 27.1 Å². The molecule has 0 bridgehead atoms. The molecule has 0 atom stereocenters. The number of aliphatic hydroxyl groups excluding tert-OH is 1. The number of rotatable bonds is 4. The number of benzene rings is 2. The molecule has 0 fully saturated rings. The molecule has 0 aliphatic heterocycles. The number of halogens is 3. The van der Waals surface area contributed by atoms with Crippen molar-refractivity contribution in [2.24, 2.45) is 0 Å². The van der Waals surface area contributed by atoms with Gasteiger partial charge in [-0.3, -0.25) is 4.72 Å². The third-order valence-corrected chi connectivity index (χ3v) is 5.38.